The molecule has 0 heterocycles. The van der Waals surface area contributed by atoms with Crippen molar-refractivity contribution in [2.24, 2.45) is 0 Å². The van der Waals surface area contributed by atoms with E-state index in [-0.39, 0.29) is 4.90 Å². The van der Waals surface area contributed by atoms with Gasteiger partial charge in [-0.05, 0) is 37.0 Å². The number of benzene rings is 2. The monoisotopic (exact) mass is 392 g/mol. The van der Waals surface area contributed by atoms with Crippen LogP contribution in [0.4, 0.5) is 5.69 Å². The van der Waals surface area contributed by atoms with Gasteiger partial charge in [-0.15, -0.1) is 0 Å². The number of hydrogen-bond donors (Lipinski definition) is 1. The van der Waals surface area contributed by atoms with Crippen molar-refractivity contribution in [2.75, 3.05) is 13.1 Å². The summed E-state index contributed by atoms with van der Waals surface area (Å²) in [5, 5.41) is 20.6. The summed E-state index contributed by atoms with van der Waals surface area (Å²) in [6, 6.07) is 13.0. The van der Waals surface area contributed by atoms with Crippen molar-refractivity contribution in [3.05, 3.63) is 64.2 Å². The van der Waals surface area contributed by atoms with E-state index >= 15 is 0 Å². The van der Waals surface area contributed by atoms with Gasteiger partial charge >= 0.3 is 5.69 Å². The molecule has 0 unspecified atom stereocenters. The van der Waals surface area contributed by atoms with E-state index in [1.54, 1.807) is 0 Å². The number of nitrogens with zero attached hydrogens (tertiary/aromatic N) is 2. The summed E-state index contributed by atoms with van der Waals surface area (Å²) >= 11 is 0. The molecule has 0 aliphatic heterocycles. The maximum absolute atomic E-state index is 13.0. The molecular formula is C19H24N2O5S. The first-order valence-corrected chi connectivity index (χ1v) is 10.3. The number of phenolic OH excluding ortho intramolecular Hbond substituents is 1. The Kier molecular flexibility index (Phi) is 7.32. The summed E-state index contributed by atoms with van der Waals surface area (Å²) < 4.78 is 27.3. The van der Waals surface area contributed by atoms with Gasteiger partial charge in [0.2, 0.25) is 10.0 Å². The van der Waals surface area contributed by atoms with Crippen LogP contribution in [-0.2, 0) is 16.4 Å². The number of phenols is 1. The minimum absolute atomic E-state index is 0.178. The van der Waals surface area contributed by atoms with Crippen LogP contribution >= 0.6 is 0 Å². The second-order valence-corrected chi connectivity index (χ2v) is 8.19. The van der Waals surface area contributed by atoms with Crippen LogP contribution < -0.4 is 0 Å². The first kappa shape index (κ1) is 20.9. The Morgan fingerprint density at radius 1 is 1.07 bits per heavy atom. The molecule has 0 atom stereocenters. The van der Waals surface area contributed by atoms with Gasteiger partial charge in [0.15, 0.2) is 5.75 Å². The molecule has 0 aromatic heterocycles. The Labute approximate surface area is 159 Å². The molecule has 0 saturated carbocycles. The van der Waals surface area contributed by atoms with Crippen LogP contribution in [0.25, 0.3) is 0 Å². The predicted octanol–water partition coefficient (Wildman–Crippen LogP) is 3.72. The lowest BCUT2D eigenvalue weighted by Gasteiger charge is -2.22. The van der Waals surface area contributed by atoms with Crippen LogP contribution in [0.5, 0.6) is 5.75 Å². The molecule has 2 rings (SSSR count). The number of nitro benzene ring substituents is 1. The Bertz CT molecular complexity index is 869. The van der Waals surface area contributed by atoms with Gasteiger partial charge in [-0.3, -0.25) is 10.1 Å². The number of sulfonamides is 1. The molecule has 0 saturated heterocycles. The average molecular weight is 392 g/mol. The largest absolute Gasteiger partial charge is 0.502 e. The van der Waals surface area contributed by atoms with Crippen LogP contribution in [0.2, 0.25) is 0 Å². The standard InChI is InChI=1S/C19H24N2O5S/c1-2-3-13-20(14-7-10-16-8-5-4-6-9-16)27(25,26)17-11-12-19(22)18(15-17)21(23)24/h4-6,8-9,11-12,15,22H,2-3,7,10,13-14H2,1H3. The number of nitro groups is 1. The van der Waals surface area contributed by atoms with Crippen LogP contribution in [0.15, 0.2) is 53.4 Å². The van der Waals surface area contributed by atoms with E-state index in [2.05, 4.69) is 0 Å². The molecular weight excluding hydrogens is 368 g/mol. The number of rotatable bonds is 10. The molecule has 0 fully saturated rings. The van der Waals surface area contributed by atoms with E-state index in [0.717, 1.165) is 30.5 Å². The summed E-state index contributed by atoms with van der Waals surface area (Å²) in [4.78, 5) is 10.0. The molecule has 2 aromatic rings. The summed E-state index contributed by atoms with van der Waals surface area (Å²) in [5.41, 5.74) is 0.515. The van der Waals surface area contributed by atoms with Gasteiger partial charge < -0.3 is 5.11 Å². The summed E-state index contributed by atoms with van der Waals surface area (Å²) in [6.45, 7) is 2.65. The van der Waals surface area contributed by atoms with Crippen molar-refractivity contribution < 1.29 is 18.4 Å². The molecule has 0 aliphatic carbocycles. The van der Waals surface area contributed by atoms with Gasteiger partial charge in [-0.1, -0.05) is 43.7 Å². The number of aromatic hydroxyl groups is 1. The van der Waals surface area contributed by atoms with Gasteiger partial charge in [-0.2, -0.15) is 4.31 Å². The topological polar surface area (TPSA) is 101 Å². The van der Waals surface area contributed by atoms with E-state index in [0.29, 0.717) is 25.9 Å². The maximum atomic E-state index is 13.0. The van der Waals surface area contributed by atoms with Crippen molar-refractivity contribution in [1.82, 2.24) is 4.31 Å². The Morgan fingerprint density at radius 2 is 1.74 bits per heavy atom. The summed E-state index contributed by atoms with van der Waals surface area (Å²) in [5.74, 6) is -0.553. The molecule has 0 radical (unpaired) electrons. The van der Waals surface area contributed by atoms with Gasteiger partial charge in [0.1, 0.15) is 0 Å². The predicted molar refractivity (Wildman–Crippen MR) is 103 cm³/mol. The van der Waals surface area contributed by atoms with Gasteiger partial charge in [0, 0.05) is 19.2 Å². The minimum atomic E-state index is -3.88. The molecule has 0 aliphatic rings. The highest BCUT2D eigenvalue weighted by Gasteiger charge is 2.27. The van der Waals surface area contributed by atoms with Crippen molar-refractivity contribution in [3.8, 4) is 5.75 Å². The summed E-state index contributed by atoms with van der Waals surface area (Å²) in [6.07, 6.45) is 2.92. The fourth-order valence-electron chi connectivity index (χ4n) is 2.75. The zero-order valence-electron chi connectivity index (χ0n) is 15.2. The number of hydrogen-bond acceptors (Lipinski definition) is 5. The molecule has 0 bridgehead atoms. The first-order valence-electron chi connectivity index (χ1n) is 8.87. The zero-order valence-corrected chi connectivity index (χ0v) is 16.1. The summed E-state index contributed by atoms with van der Waals surface area (Å²) in [7, 11) is -3.88. The molecule has 2 aromatic carbocycles. The van der Waals surface area contributed by atoms with Gasteiger partial charge in [0.05, 0.1) is 9.82 Å². The van der Waals surface area contributed by atoms with Crippen molar-refractivity contribution >= 4 is 15.7 Å². The zero-order chi connectivity index (χ0) is 19.9. The van der Waals surface area contributed by atoms with Crippen LogP contribution in [0.3, 0.4) is 0 Å². The minimum Gasteiger partial charge on any atom is -0.502 e. The lowest BCUT2D eigenvalue weighted by atomic mass is 10.1. The van der Waals surface area contributed by atoms with Crippen LogP contribution in [0, 0.1) is 10.1 Å². The van der Waals surface area contributed by atoms with Crippen molar-refractivity contribution in [3.63, 3.8) is 0 Å². The van der Waals surface area contributed by atoms with Gasteiger partial charge in [-0.25, -0.2) is 8.42 Å². The Morgan fingerprint density at radius 3 is 2.37 bits per heavy atom. The molecule has 7 nitrogen and oxygen atoms in total. The highest BCUT2D eigenvalue weighted by Crippen LogP contribution is 2.29. The number of aryl methyl sites for hydroxylation is 1. The fourth-order valence-corrected chi connectivity index (χ4v) is 4.29. The maximum Gasteiger partial charge on any atom is 0.312 e. The smallest absolute Gasteiger partial charge is 0.312 e. The molecule has 8 heteroatoms. The van der Waals surface area contributed by atoms with E-state index in [1.807, 2.05) is 37.3 Å². The first-order chi connectivity index (χ1) is 12.9. The van der Waals surface area contributed by atoms with E-state index in [1.165, 1.54) is 10.4 Å². The normalized spacial score (nSPS) is 11.6. The second-order valence-electron chi connectivity index (χ2n) is 6.25. The van der Waals surface area contributed by atoms with E-state index in [4.69, 9.17) is 0 Å². The van der Waals surface area contributed by atoms with Gasteiger partial charge in [0.25, 0.3) is 0 Å². The fraction of sp³-hybridized carbons (Fsp3) is 0.368. The third-order valence-corrected chi connectivity index (χ3v) is 6.15. The second kappa shape index (κ2) is 9.48. The average Bonchev–Trinajstić information content (AvgIpc) is 2.65. The van der Waals surface area contributed by atoms with Crippen LogP contribution in [0.1, 0.15) is 31.7 Å². The Balaban J connectivity index is 2.20. The molecule has 0 amide bonds. The molecule has 1 N–H and O–H groups in total. The van der Waals surface area contributed by atoms with Crippen molar-refractivity contribution in [1.29, 1.82) is 0 Å². The highest BCUT2D eigenvalue weighted by molar-refractivity contribution is 7.89. The molecule has 146 valence electrons. The quantitative estimate of drug-likeness (QED) is 0.490. The third-order valence-electron chi connectivity index (χ3n) is 4.26. The highest BCUT2D eigenvalue weighted by atomic mass is 32.2. The van der Waals surface area contributed by atoms with Crippen molar-refractivity contribution in [2.45, 2.75) is 37.5 Å². The lowest BCUT2D eigenvalue weighted by Crippen LogP contribution is -2.33. The Hall–Kier alpha value is -2.45. The van der Waals surface area contributed by atoms with E-state index in [9.17, 15) is 23.6 Å². The molecule has 0 spiro atoms. The van der Waals surface area contributed by atoms with Crippen LogP contribution in [-0.4, -0.2) is 35.8 Å². The van der Waals surface area contributed by atoms with E-state index < -0.39 is 26.4 Å². The lowest BCUT2D eigenvalue weighted by molar-refractivity contribution is -0.386. The third kappa shape index (κ3) is 5.51. The number of unbranched alkanes of at least 4 members (excludes halogenated alkanes) is 1. The molecule has 27 heavy (non-hydrogen) atoms. The SMILES string of the molecule is CCCCN(CCCc1ccccc1)S(=O)(=O)c1ccc(O)c([N+](=O)[O-])c1.